The maximum absolute atomic E-state index is 12.3. The van der Waals surface area contributed by atoms with Gasteiger partial charge in [0, 0.05) is 17.6 Å². The summed E-state index contributed by atoms with van der Waals surface area (Å²) in [6.45, 7) is 8.80. The molecule has 142 valence electrons. The molecule has 6 nitrogen and oxygen atoms in total. The van der Waals surface area contributed by atoms with Gasteiger partial charge in [-0.2, -0.15) is 0 Å². The highest BCUT2D eigenvalue weighted by Crippen LogP contribution is 2.18. The molecule has 0 aliphatic carbocycles. The Labute approximate surface area is 154 Å². The van der Waals surface area contributed by atoms with Crippen LogP contribution in [-0.4, -0.2) is 30.6 Å². The largest absolute Gasteiger partial charge is 0.460 e. The third-order valence-corrected chi connectivity index (χ3v) is 3.29. The van der Waals surface area contributed by atoms with Gasteiger partial charge in [-0.3, -0.25) is 4.79 Å². The third-order valence-electron chi connectivity index (χ3n) is 3.29. The number of esters is 2. The predicted octanol–water partition coefficient (Wildman–Crippen LogP) is 2.94. The van der Waals surface area contributed by atoms with Crippen molar-refractivity contribution in [3.8, 4) is 0 Å². The van der Waals surface area contributed by atoms with Crippen LogP contribution in [0, 0.1) is 5.41 Å². The van der Waals surface area contributed by atoms with Gasteiger partial charge in [0.15, 0.2) is 0 Å². The van der Waals surface area contributed by atoms with E-state index in [2.05, 4.69) is 5.32 Å². The summed E-state index contributed by atoms with van der Waals surface area (Å²) in [4.78, 5) is 35.5. The Kier molecular flexibility index (Phi) is 8.03. The quantitative estimate of drug-likeness (QED) is 0.596. The molecule has 1 amide bonds. The van der Waals surface area contributed by atoms with Crippen molar-refractivity contribution in [1.82, 2.24) is 5.32 Å². The van der Waals surface area contributed by atoms with Gasteiger partial charge in [-0.15, -0.1) is 0 Å². The highest BCUT2D eigenvalue weighted by Gasteiger charge is 2.25. The van der Waals surface area contributed by atoms with E-state index in [1.807, 2.05) is 30.3 Å². The fraction of sp³-hybridized carbons (Fsp3) is 0.450. The van der Waals surface area contributed by atoms with Gasteiger partial charge in [0.05, 0.1) is 12.1 Å². The van der Waals surface area contributed by atoms with Crippen molar-refractivity contribution in [3.05, 3.63) is 48.0 Å². The van der Waals surface area contributed by atoms with E-state index in [-0.39, 0.29) is 18.6 Å². The molecule has 1 N–H and O–H groups in total. The average Bonchev–Trinajstić information content (AvgIpc) is 2.55. The molecule has 0 aliphatic rings. The zero-order valence-corrected chi connectivity index (χ0v) is 15.9. The average molecular weight is 361 g/mol. The van der Waals surface area contributed by atoms with E-state index in [9.17, 15) is 14.4 Å². The topological polar surface area (TPSA) is 81.7 Å². The lowest BCUT2D eigenvalue weighted by atomic mass is 9.94. The molecule has 1 rings (SSSR count). The summed E-state index contributed by atoms with van der Waals surface area (Å²) < 4.78 is 10.1. The first-order chi connectivity index (χ1) is 12.1. The van der Waals surface area contributed by atoms with Crippen LogP contribution in [0.1, 0.15) is 46.2 Å². The van der Waals surface area contributed by atoms with Crippen LogP contribution in [0.2, 0.25) is 0 Å². The molecule has 1 aromatic carbocycles. The van der Waals surface area contributed by atoms with Crippen molar-refractivity contribution < 1.29 is 23.9 Å². The Morgan fingerprint density at radius 2 is 1.62 bits per heavy atom. The summed E-state index contributed by atoms with van der Waals surface area (Å²) in [5.41, 5.74) is 0.249. The molecule has 1 atom stereocenters. The second-order valence-corrected chi connectivity index (χ2v) is 7.14. The lowest BCUT2D eigenvalue weighted by molar-refractivity contribution is -0.143. The minimum absolute atomic E-state index is 0.0474. The van der Waals surface area contributed by atoms with E-state index in [0.717, 1.165) is 17.7 Å². The number of hydrogen-bond donors (Lipinski definition) is 1. The highest BCUT2D eigenvalue weighted by molar-refractivity contribution is 5.91. The molecular weight excluding hydrogens is 334 g/mol. The molecule has 0 fully saturated rings. The standard InChI is InChI=1S/C20H27NO5/c1-14(2)26-18(23)12-11-17(22)25-13-16(15-9-7-6-8-10-15)21-19(24)20(3,4)5/h6-12,14,16H,13H2,1-5H3,(H,21,24)/b12-11+/t16-/m0/s1. The molecule has 0 spiro atoms. The van der Waals surface area contributed by atoms with Crippen LogP contribution in [-0.2, 0) is 23.9 Å². The maximum Gasteiger partial charge on any atom is 0.331 e. The van der Waals surface area contributed by atoms with Crippen molar-refractivity contribution in [2.45, 2.75) is 46.8 Å². The number of amides is 1. The number of carbonyl (C=O) groups excluding carboxylic acids is 3. The van der Waals surface area contributed by atoms with Gasteiger partial charge in [-0.05, 0) is 19.4 Å². The lowest BCUT2D eigenvalue weighted by Gasteiger charge is -2.24. The number of benzene rings is 1. The highest BCUT2D eigenvalue weighted by atomic mass is 16.5. The van der Waals surface area contributed by atoms with E-state index in [0.29, 0.717) is 0 Å². The maximum atomic E-state index is 12.3. The van der Waals surface area contributed by atoms with Crippen molar-refractivity contribution >= 4 is 17.8 Å². The Hall–Kier alpha value is -2.63. The van der Waals surface area contributed by atoms with Crippen LogP contribution in [0.4, 0.5) is 0 Å². The smallest absolute Gasteiger partial charge is 0.331 e. The van der Waals surface area contributed by atoms with Crippen LogP contribution in [0.25, 0.3) is 0 Å². The molecule has 0 radical (unpaired) electrons. The van der Waals surface area contributed by atoms with Crippen LogP contribution < -0.4 is 5.32 Å². The molecule has 0 heterocycles. The summed E-state index contributed by atoms with van der Waals surface area (Å²) in [6, 6.07) is 8.75. The number of carbonyl (C=O) groups is 3. The number of rotatable bonds is 7. The molecule has 6 heteroatoms. The molecule has 26 heavy (non-hydrogen) atoms. The number of ether oxygens (including phenoxy) is 2. The zero-order valence-electron chi connectivity index (χ0n) is 15.9. The summed E-state index contributed by atoms with van der Waals surface area (Å²) >= 11 is 0. The summed E-state index contributed by atoms with van der Waals surface area (Å²) in [6.07, 6.45) is 1.77. The Morgan fingerprint density at radius 3 is 2.15 bits per heavy atom. The first-order valence-corrected chi connectivity index (χ1v) is 8.51. The van der Waals surface area contributed by atoms with Crippen molar-refractivity contribution in [2.24, 2.45) is 5.41 Å². The van der Waals surface area contributed by atoms with Crippen molar-refractivity contribution in [3.63, 3.8) is 0 Å². The summed E-state index contributed by atoms with van der Waals surface area (Å²) in [5.74, 6) is -1.45. The monoisotopic (exact) mass is 361 g/mol. The van der Waals surface area contributed by atoms with Gasteiger partial charge in [-0.25, -0.2) is 9.59 Å². The third kappa shape index (κ3) is 7.96. The van der Waals surface area contributed by atoms with Gasteiger partial charge < -0.3 is 14.8 Å². The van der Waals surface area contributed by atoms with Crippen LogP contribution in [0.15, 0.2) is 42.5 Å². The molecule has 1 aromatic rings. The van der Waals surface area contributed by atoms with E-state index in [1.165, 1.54) is 0 Å². The molecule has 0 saturated heterocycles. The van der Waals surface area contributed by atoms with Crippen molar-refractivity contribution in [1.29, 1.82) is 0 Å². The molecule has 0 bridgehead atoms. The predicted molar refractivity (Wildman–Crippen MR) is 98.1 cm³/mol. The molecular formula is C20H27NO5. The van der Waals surface area contributed by atoms with E-state index in [1.54, 1.807) is 34.6 Å². The Bertz CT molecular complexity index is 644. The normalized spacial score (nSPS) is 12.7. The molecule has 0 aromatic heterocycles. The first kappa shape index (κ1) is 21.4. The van der Waals surface area contributed by atoms with Crippen molar-refractivity contribution in [2.75, 3.05) is 6.61 Å². The SMILES string of the molecule is CC(C)OC(=O)/C=C/C(=O)OC[C@H](NC(=O)C(C)(C)C)c1ccccc1. The number of hydrogen-bond acceptors (Lipinski definition) is 5. The first-order valence-electron chi connectivity index (χ1n) is 8.51. The van der Waals surface area contributed by atoms with E-state index < -0.39 is 23.4 Å². The fourth-order valence-electron chi connectivity index (χ4n) is 1.90. The Balaban J connectivity index is 2.72. The Morgan fingerprint density at radius 1 is 1.04 bits per heavy atom. The van der Waals surface area contributed by atoms with Gasteiger partial charge in [0.2, 0.25) is 5.91 Å². The minimum Gasteiger partial charge on any atom is -0.460 e. The fourth-order valence-corrected chi connectivity index (χ4v) is 1.90. The van der Waals surface area contributed by atoms with Gasteiger partial charge >= 0.3 is 11.9 Å². The van der Waals surface area contributed by atoms with Gasteiger partial charge in [0.1, 0.15) is 6.61 Å². The van der Waals surface area contributed by atoms with Gasteiger partial charge in [0.25, 0.3) is 0 Å². The van der Waals surface area contributed by atoms with E-state index >= 15 is 0 Å². The number of nitrogens with one attached hydrogen (secondary N) is 1. The molecule has 0 unspecified atom stereocenters. The molecule has 0 saturated carbocycles. The second kappa shape index (κ2) is 9.75. The second-order valence-electron chi connectivity index (χ2n) is 7.14. The lowest BCUT2D eigenvalue weighted by Crippen LogP contribution is -2.39. The van der Waals surface area contributed by atoms with Crippen LogP contribution in [0.3, 0.4) is 0 Å². The summed E-state index contributed by atoms with van der Waals surface area (Å²) in [7, 11) is 0. The van der Waals surface area contributed by atoms with Crippen LogP contribution in [0.5, 0.6) is 0 Å². The zero-order chi connectivity index (χ0) is 19.7. The molecule has 0 aliphatic heterocycles. The van der Waals surface area contributed by atoms with Crippen LogP contribution >= 0.6 is 0 Å². The minimum atomic E-state index is -0.684. The van der Waals surface area contributed by atoms with E-state index in [4.69, 9.17) is 9.47 Å². The summed E-state index contributed by atoms with van der Waals surface area (Å²) in [5, 5.41) is 2.89. The van der Waals surface area contributed by atoms with Gasteiger partial charge in [-0.1, -0.05) is 51.1 Å².